The molecule has 1 aliphatic rings. The summed E-state index contributed by atoms with van der Waals surface area (Å²) in [6.07, 6.45) is 15.6. The fourth-order valence-electron chi connectivity index (χ4n) is 7.82. The lowest BCUT2D eigenvalue weighted by molar-refractivity contribution is 0.997. The average Bonchev–Trinajstić information content (AvgIpc) is 3.35. The van der Waals surface area contributed by atoms with Gasteiger partial charge in [-0.15, -0.1) is 11.8 Å². The second-order valence-electron chi connectivity index (χ2n) is 15.2. The molecule has 0 atom stereocenters. The lowest BCUT2D eigenvalue weighted by atomic mass is 9.97. The highest BCUT2D eigenvalue weighted by Crippen LogP contribution is 2.37. The Bertz CT molecular complexity index is 2720. The fourth-order valence-corrected chi connectivity index (χ4v) is 8.79. The van der Waals surface area contributed by atoms with Crippen molar-refractivity contribution in [2.75, 3.05) is 9.80 Å². The third-order valence-corrected chi connectivity index (χ3v) is 12.4. The monoisotopic (exact) mass is 821 g/mol. The minimum atomic E-state index is 0.866. The molecule has 0 aromatic heterocycles. The molecule has 0 aliphatic heterocycles. The van der Waals surface area contributed by atoms with Gasteiger partial charge in [-0.1, -0.05) is 148 Å². The van der Waals surface area contributed by atoms with E-state index in [9.17, 15) is 0 Å². The van der Waals surface area contributed by atoms with Crippen LogP contribution in [0.4, 0.5) is 28.4 Å². The number of hydrogen-bond acceptors (Lipinski definition) is 4. The SMILES string of the molecule is C=C/C=C(\C=C)N(c1ccc(CC)cc1)c1ccc(-c2ccc(-c3ccc(-c4ccc(N(C5=CCCC=C5)c5ccc(CSc6ccccc6N=C)cc5)cc4)cc3)cc2)cc1. The largest absolute Gasteiger partial charge is 0.311 e. The molecule has 0 saturated heterocycles. The zero-order valence-corrected chi connectivity index (χ0v) is 36.1. The first-order valence-electron chi connectivity index (χ1n) is 21.2. The first kappa shape index (κ1) is 41.6. The second-order valence-corrected chi connectivity index (χ2v) is 16.2. The smallest absolute Gasteiger partial charge is 0.0758 e. The zero-order valence-electron chi connectivity index (χ0n) is 35.3. The molecule has 0 bridgehead atoms. The van der Waals surface area contributed by atoms with E-state index in [0.29, 0.717) is 0 Å². The van der Waals surface area contributed by atoms with Crippen LogP contribution in [0.15, 0.2) is 241 Å². The van der Waals surface area contributed by atoms with E-state index in [1.54, 1.807) is 17.8 Å². The molecule has 1 aliphatic carbocycles. The van der Waals surface area contributed by atoms with Crippen LogP contribution in [0.25, 0.3) is 33.4 Å². The van der Waals surface area contributed by atoms with Crippen molar-refractivity contribution in [2.45, 2.75) is 36.8 Å². The van der Waals surface area contributed by atoms with Crippen molar-refractivity contribution in [1.82, 2.24) is 0 Å². The van der Waals surface area contributed by atoms with E-state index in [0.717, 1.165) is 69.6 Å². The Balaban J connectivity index is 0.954. The molecule has 7 aromatic carbocycles. The maximum absolute atomic E-state index is 4.19. The number of aliphatic imine (C=N–C) groups is 1. The number of nitrogens with zero attached hydrogens (tertiary/aromatic N) is 3. The zero-order chi connectivity index (χ0) is 42.7. The number of thioether (sulfide) groups is 1. The van der Waals surface area contributed by atoms with Gasteiger partial charge in [0.2, 0.25) is 0 Å². The Kier molecular flexibility index (Phi) is 13.4. The standard InChI is InChI=1S/C58H51N3S/c1-5-13-51(7-3)60(53-34-18-43(6-2)19-35-53)55-38-30-49(31-39-55)47-26-22-45(23-27-47)46-24-28-48(29-25-46)50-32-40-56(41-33-50)61(52-14-9-8-10-15-52)54-36-20-44(21-37-54)42-62-58-17-12-11-16-57(58)59-4/h5,7,9,11-41H,1,3-4,6,8,10,42H2,2H3/b51-13+. The van der Waals surface area contributed by atoms with Gasteiger partial charge in [-0.2, -0.15) is 0 Å². The van der Waals surface area contributed by atoms with Crippen molar-refractivity contribution in [3.05, 3.63) is 242 Å². The van der Waals surface area contributed by atoms with Crippen LogP contribution in [0.5, 0.6) is 0 Å². The topological polar surface area (TPSA) is 18.8 Å². The van der Waals surface area contributed by atoms with Crippen molar-refractivity contribution in [2.24, 2.45) is 4.99 Å². The fraction of sp³-hybridized carbons (Fsp3) is 0.0862. The number of anilines is 4. The van der Waals surface area contributed by atoms with Gasteiger partial charge in [-0.05, 0) is 149 Å². The minimum absolute atomic E-state index is 0.866. The summed E-state index contributed by atoms with van der Waals surface area (Å²) < 4.78 is 0. The molecule has 0 spiro atoms. The molecular formula is C58H51N3S. The Hall–Kier alpha value is -7.14. The number of rotatable bonds is 16. The second kappa shape index (κ2) is 19.9. The van der Waals surface area contributed by atoms with Gasteiger partial charge in [0.25, 0.3) is 0 Å². The van der Waals surface area contributed by atoms with Crippen molar-refractivity contribution >= 4 is 46.9 Å². The lowest BCUT2D eigenvalue weighted by Gasteiger charge is -2.28. The van der Waals surface area contributed by atoms with Crippen LogP contribution in [-0.4, -0.2) is 6.72 Å². The predicted molar refractivity (Wildman–Crippen MR) is 269 cm³/mol. The van der Waals surface area contributed by atoms with E-state index in [4.69, 9.17) is 0 Å². The van der Waals surface area contributed by atoms with Gasteiger partial charge in [0.05, 0.1) is 5.69 Å². The quantitative estimate of drug-likeness (QED) is 0.0550. The summed E-state index contributed by atoms with van der Waals surface area (Å²) in [7, 11) is 0. The summed E-state index contributed by atoms with van der Waals surface area (Å²) in [5.74, 6) is 0.866. The molecule has 62 heavy (non-hydrogen) atoms. The summed E-state index contributed by atoms with van der Waals surface area (Å²) in [5, 5.41) is 0. The van der Waals surface area contributed by atoms with Crippen LogP contribution in [0.3, 0.4) is 0 Å². The molecule has 304 valence electrons. The highest BCUT2D eigenvalue weighted by atomic mass is 32.2. The van der Waals surface area contributed by atoms with Gasteiger partial charge in [0.15, 0.2) is 0 Å². The molecule has 7 aromatic rings. The van der Waals surface area contributed by atoms with Gasteiger partial charge in [0.1, 0.15) is 0 Å². The number of benzene rings is 7. The molecule has 0 heterocycles. The third kappa shape index (κ3) is 9.57. The summed E-state index contributed by atoms with van der Waals surface area (Å²) >= 11 is 1.79. The van der Waals surface area contributed by atoms with Gasteiger partial charge in [0, 0.05) is 44.8 Å². The van der Waals surface area contributed by atoms with Crippen LogP contribution in [0, 0.1) is 0 Å². The van der Waals surface area contributed by atoms with Crippen LogP contribution >= 0.6 is 11.8 Å². The van der Waals surface area contributed by atoms with Crippen LogP contribution in [0.2, 0.25) is 0 Å². The maximum atomic E-state index is 4.19. The molecule has 3 nitrogen and oxygen atoms in total. The van der Waals surface area contributed by atoms with Crippen LogP contribution in [0.1, 0.15) is 30.9 Å². The first-order chi connectivity index (χ1) is 30.5. The Morgan fingerprint density at radius 2 is 1.05 bits per heavy atom. The van der Waals surface area contributed by atoms with E-state index in [1.165, 1.54) is 44.6 Å². The van der Waals surface area contributed by atoms with Gasteiger partial charge < -0.3 is 9.80 Å². The van der Waals surface area contributed by atoms with Crippen molar-refractivity contribution in [1.29, 1.82) is 0 Å². The molecule has 0 N–H and O–H groups in total. The van der Waals surface area contributed by atoms with E-state index in [2.05, 4.69) is 218 Å². The average molecular weight is 822 g/mol. The molecule has 0 amide bonds. The number of allylic oxidation sites excluding steroid dienone is 6. The number of para-hydroxylation sites is 1. The van der Waals surface area contributed by atoms with Crippen molar-refractivity contribution in [3.8, 4) is 33.4 Å². The van der Waals surface area contributed by atoms with E-state index in [1.807, 2.05) is 24.3 Å². The minimum Gasteiger partial charge on any atom is -0.311 e. The molecule has 8 rings (SSSR count). The number of hydrogen-bond donors (Lipinski definition) is 0. The first-order valence-corrected chi connectivity index (χ1v) is 22.2. The third-order valence-electron chi connectivity index (χ3n) is 11.2. The van der Waals surface area contributed by atoms with Gasteiger partial charge in [-0.25, -0.2) is 0 Å². The van der Waals surface area contributed by atoms with Gasteiger partial charge >= 0.3 is 0 Å². The highest BCUT2D eigenvalue weighted by molar-refractivity contribution is 7.98. The van der Waals surface area contributed by atoms with E-state index >= 15 is 0 Å². The normalized spacial score (nSPS) is 12.3. The van der Waals surface area contributed by atoms with E-state index < -0.39 is 0 Å². The number of aryl methyl sites for hydroxylation is 1. The van der Waals surface area contributed by atoms with E-state index in [-0.39, 0.29) is 0 Å². The molecular weight excluding hydrogens is 771 g/mol. The summed E-state index contributed by atoms with van der Waals surface area (Å²) in [5.41, 5.74) is 17.2. The Labute approximate surface area is 372 Å². The summed E-state index contributed by atoms with van der Waals surface area (Å²) in [6, 6.07) is 61.2. The predicted octanol–water partition coefficient (Wildman–Crippen LogP) is 16.6. The molecule has 0 fully saturated rings. The molecule has 0 unspecified atom stereocenters. The van der Waals surface area contributed by atoms with Crippen LogP contribution < -0.4 is 9.80 Å². The highest BCUT2D eigenvalue weighted by Gasteiger charge is 2.16. The van der Waals surface area contributed by atoms with Gasteiger partial charge in [-0.3, -0.25) is 4.99 Å². The Morgan fingerprint density at radius 1 is 0.581 bits per heavy atom. The molecule has 4 heteroatoms. The lowest BCUT2D eigenvalue weighted by Crippen LogP contribution is -2.16. The van der Waals surface area contributed by atoms with Crippen LogP contribution in [-0.2, 0) is 12.2 Å². The Morgan fingerprint density at radius 3 is 1.52 bits per heavy atom. The van der Waals surface area contributed by atoms with Crippen molar-refractivity contribution < 1.29 is 0 Å². The molecule has 0 saturated carbocycles. The molecule has 0 radical (unpaired) electrons. The summed E-state index contributed by atoms with van der Waals surface area (Å²) in [4.78, 5) is 9.90. The maximum Gasteiger partial charge on any atom is 0.0758 e. The van der Waals surface area contributed by atoms with Crippen molar-refractivity contribution in [3.63, 3.8) is 0 Å². The summed E-state index contributed by atoms with van der Waals surface area (Å²) in [6.45, 7) is 13.9.